The van der Waals surface area contributed by atoms with Crippen LogP contribution < -0.4 is 5.32 Å². The number of aryl methyl sites for hydroxylation is 1. The van der Waals surface area contributed by atoms with Crippen molar-refractivity contribution in [1.82, 2.24) is 10.3 Å². The van der Waals surface area contributed by atoms with Crippen molar-refractivity contribution in [2.75, 3.05) is 6.54 Å². The standard InChI is InChI=1S/C13H24N2S/c1-6-7-8-14-9-11-10(2)15-12(16-11)13(3,4)5/h14H,6-9H2,1-5H3. The highest BCUT2D eigenvalue weighted by Crippen LogP contribution is 2.28. The molecule has 0 amide bonds. The molecule has 0 aromatic carbocycles. The Morgan fingerprint density at radius 3 is 2.50 bits per heavy atom. The van der Waals surface area contributed by atoms with E-state index in [9.17, 15) is 0 Å². The average Bonchev–Trinajstić information content (AvgIpc) is 2.55. The Labute approximate surface area is 103 Å². The fourth-order valence-corrected chi connectivity index (χ4v) is 2.51. The summed E-state index contributed by atoms with van der Waals surface area (Å²) in [6.45, 7) is 13.1. The molecule has 1 aromatic rings. The summed E-state index contributed by atoms with van der Waals surface area (Å²) < 4.78 is 0. The Morgan fingerprint density at radius 1 is 1.31 bits per heavy atom. The Balaban J connectivity index is 2.57. The van der Waals surface area contributed by atoms with Crippen molar-refractivity contribution in [3.63, 3.8) is 0 Å². The van der Waals surface area contributed by atoms with Gasteiger partial charge in [-0.15, -0.1) is 11.3 Å². The van der Waals surface area contributed by atoms with Gasteiger partial charge in [-0.2, -0.15) is 0 Å². The number of nitrogens with one attached hydrogen (secondary N) is 1. The van der Waals surface area contributed by atoms with Gasteiger partial charge in [0.05, 0.1) is 10.7 Å². The number of hydrogen-bond donors (Lipinski definition) is 1. The molecule has 2 nitrogen and oxygen atoms in total. The van der Waals surface area contributed by atoms with E-state index in [4.69, 9.17) is 0 Å². The second kappa shape index (κ2) is 5.78. The molecule has 0 aliphatic heterocycles. The second-order valence-corrected chi connectivity index (χ2v) is 6.39. The summed E-state index contributed by atoms with van der Waals surface area (Å²) in [5, 5.41) is 4.73. The van der Waals surface area contributed by atoms with Gasteiger partial charge in [0.1, 0.15) is 0 Å². The summed E-state index contributed by atoms with van der Waals surface area (Å²) in [5.41, 5.74) is 1.37. The molecule has 1 N–H and O–H groups in total. The third kappa shape index (κ3) is 3.87. The average molecular weight is 240 g/mol. The van der Waals surface area contributed by atoms with Gasteiger partial charge in [-0.05, 0) is 19.9 Å². The first-order valence-electron chi connectivity index (χ1n) is 6.12. The lowest BCUT2D eigenvalue weighted by Crippen LogP contribution is -2.14. The Hall–Kier alpha value is -0.410. The molecular formula is C13H24N2S. The summed E-state index contributed by atoms with van der Waals surface area (Å²) in [4.78, 5) is 6.05. The highest BCUT2D eigenvalue weighted by Gasteiger charge is 2.19. The molecule has 1 aromatic heterocycles. The van der Waals surface area contributed by atoms with Crippen molar-refractivity contribution in [2.24, 2.45) is 0 Å². The Bertz CT molecular complexity index is 323. The molecule has 0 aliphatic rings. The minimum atomic E-state index is 0.178. The number of hydrogen-bond acceptors (Lipinski definition) is 3. The normalized spacial score (nSPS) is 12.1. The minimum Gasteiger partial charge on any atom is -0.312 e. The summed E-state index contributed by atoms with van der Waals surface area (Å²) in [7, 11) is 0. The van der Waals surface area contributed by atoms with E-state index in [2.05, 4.69) is 44.9 Å². The van der Waals surface area contributed by atoms with Crippen LogP contribution in [0.3, 0.4) is 0 Å². The van der Waals surface area contributed by atoms with Crippen LogP contribution in [0.1, 0.15) is 56.1 Å². The van der Waals surface area contributed by atoms with Crippen molar-refractivity contribution in [3.05, 3.63) is 15.6 Å². The van der Waals surface area contributed by atoms with Crippen LogP contribution in [0.25, 0.3) is 0 Å². The van der Waals surface area contributed by atoms with Gasteiger partial charge in [-0.1, -0.05) is 34.1 Å². The van der Waals surface area contributed by atoms with Crippen LogP contribution in [-0.2, 0) is 12.0 Å². The molecule has 0 aliphatic carbocycles. The van der Waals surface area contributed by atoms with Gasteiger partial charge in [0, 0.05) is 16.8 Å². The van der Waals surface area contributed by atoms with Crippen LogP contribution in [0.5, 0.6) is 0 Å². The van der Waals surface area contributed by atoms with Crippen LogP contribution in [0.15, 0.2) is 0 Å². The van der Waals surface area contributed by atoms with Gasteiger partial charge in [0.15, 0.2) is 0 Å². The van der Waals surface area contributed by atoms with E-state index in [-0.39, 0.29) is 5.41 Å². The van der Waals surface area contributed by atoms with Gasteiger partial charge in [-0.25, -0.2) is 4.98 Å². The zero-order valence-corrected chi connectivity index (χ0v) is 12.0. The maximum atomic E-state index is 4.66. The molecule has 0 unspecified atom stereocenters. The first-order valence-corrected chi connectivity index (χ1v) is 6.94. The van der Waals surface area contributed by atoms with Crippen LogP contribution in [-0.4, -0.2) is 11.5 Å². The lowest BCUT2D eigenvalue weighted by Gasteiger charge is -2.13. The smallest absolute Gasteiger partial charge is 0.0984 e. The Kier molecular flexibility index (Phi) is 4.93. The molecule has 3 heteroatoms. The zero-order chi connectivity index (χ0) is 12.2. The highest BCUT2D eigenvalue weighted by atomic mass is 32.1. The molecule has 0 fully saturated rings. The summed E-state index contributed by atoms with van der Waals surface area (Å²) >= 11 is 1.85. The third-order valence-electron chi connectivity index (χ3n) is 2.53. The van der Waals surface area contributed by atoms with Crippen LogP contribution in [0.2, 0.25) is 0 Å². The SMILES string of the molecule is CCCCNCc1sc(C(C)(C)C)nc1C. The fourth-order valence-electron chi connectivity index (χ4n) is 1.42. The van der Waals surface area contributed by atoms with Crippen molar-refractivity contribution < 1.29 is 0 Å². The topological polar surface area (TPSA) is 24.9 Å². The van der Waals surface area contributed by atoms with E-state index < -0.39 is 0 Å². The second-order valence-electron chi connectivity index (χ2n) is 5.31. The molecule has 16 heavy (non-hydrogen) atoms. The molecule has 92 valence electrons. The van der Waals surface area contributed by atoms with E-state index in [0.717, 1.165) is 13.1 Å². The van der Waals surface area contributed by atoms with Gasteiger partial charge in [-0.3, -0.25) is 0 Å². The molecule has 1 heterocycles. The zero-order valence-electron chi connectivity index (χ0n) is 11.2. The van der Waals surface area contributed by atoms with E-state index in [0.29, 0.717) is 0 Å². The van der Waals surface area contributed by atoms with E-state index in [1.54, 1.807) is 0 Å². The molecule has 0 bridgehead atoms. The van der Waals surface area contributed by atoms with Gasteiger partial charge in [0.2, 0.25) is 0 Å². The van der Waals surface area contributed by atoms with Crippen LogP contribution in [0.4, 0.5) is 0 Å². The van der Waals surface area contributed by atoms with Crippen molar-refractivity contribution in [3.8, 4) is 0 Å². The monoisotopic (exact) mass is 240 g/mol. The predicted octanol–water partition coefficient (Wildman–Crippen LogP) is 3.64. The molecule has 1 rings (SSSR count). The van der Waals surface area contributed by atoms with Gasteiger partial charge >= 0.3 is 0 Å². The number of nitrogens with zero attached hydrogens (tertiary/aromatic N) is 1. The molecule has 0 saturated heterocycles. The molecular weight excluding hydrogens is 216 g/mol. The predicted molar refractivity (Wildman–Crippen MR) is 72.2 cm³/mol. The Morgan fingerprint density at radius 2 is 2.00 bits per heavy atom. The summed E-state index contributed by atoms with van der Waals surface area (Å²) in [5.74, 6) is 0. The quantitative estimate of drug-likeness (QED) is 0.795. The fraction of sp³-hybridized carbons (Fsp3) is 0.769. The van der Waals surface area contributed by atoms with Gasteiger partial charge < -0.3 is 5.32 Å². The number of thiazole rings is 1. The third-order valence-corrected chi connectivity index (χ3v) is 4.11. The van der Waals surface area contributed by atoms with Crippen molar-refractivity contribution in [1.29, 1.82) is 0 Å². The summed E-state index contributed by atoms with van der Waals surface area (Å²) in [6.07, 6.45) is 2.51. The maximum Gasteiger partial charge on any atom is 0.0984 e. The van der Waals surface area contributed by atoms with Crippen molar-refractivity contribution >= 4 is 11.3 Å². The minimum absolute atomic E-state index is 0.178. The highest BCUT2D eigenvalue weighted by molar-refractivity contribution is 7.11. The van der Waals surface area contributed by atoms with E-state index >= 15 is 0 Å². The number of aromatic nitrogens is 1. The largest absolute Gasteiger partial charge is 0.312 e. The first kappa shape index (κ1) is 13.7. The maximum absolute atomic E-state index is 4.66. The number of unbranched alkanes of at least 4 members (excludes halogenated alkanes) is 1. The van der Waals surface area contributed by atoms with Crippen LogP contribution >= 0.6 is 11.3 Å². The molecule has 0 spiro atoms. The molecule has 0 atom stereocenters. The lowest BCUT2D eigenvalue weighted by atomic mass is 9.98. The van der Waals surface area contributed by atoms with E-state index in [1.165, 1.54) is 28.4 Å². The molecule has 0 saturated carbocycles. The van der Waals surface area contributed by atoms with Gasteiger partial charge in [0.25, 0.3) is 0 Å². The van der Waals surface area contributed by atoms with E-state index in [1.807, 2.05) is 11.3 Å². The molecule has 0 radical (unpaired) electrons. The van der Waals surface area contributed by atoms with Crippen molar-refractivity contribution in [2.45, 2.75) is 59.4 Å². The first-order chi connectivity index (χ1) is 7.45. The number of rotatable bonds is 5. The summed E-state index contributed by atoms with van der Waals surface area (Å²) in [6, 6.07) is 0. The van der Waals surface area contributed by atoms with Crippen LogP contribution in [0, 0.1) is 6.92 Å². The lowest BCUT2D eigenvalue weighted by molar-refractivity contribution is 0.584.